The third kappa shape index (κ3) is 6.55. The fourth-order valence-corrected chi connectivity index (χ4v) is 3.13. The Balaban J connectivity index is 1.70. The molecule has 3 aromatic rings. The van der Waals surface area contributed by atoms with Gasteiger partial charge in [0.25, 0.3) is 5.69 Å². The van der Waals surface area contributed by atoms with Crippen LogP contribution >= 0.6 is 11.6 Å². The molecule has 0 spiro atoms. The molecule has 14 heteroatoms. The van der Waals surface area contributed by atoms with Gasteiger partial charge < -0.3 is 14.8 Å². The summed E-state index contributed by atoms with van der Waals surface area (Å²) in [6.07, 6.45) is 1.23. The Morgan fingerprint density at radius 1 is 0.973 bits per heavy atom. The van der Waals surface area contributed by atoms with Crippen LogP contribution in [0, 0.1) is 27.2 Å². The lowest BCUT2D eigenvalue weighted by atomic mass is 10.2. The van der Waals surface area contributed by atoms with Gasteiger partial charge in [0.2, 0.25) is 5.75 Å². The third-order valence-corrected chi connectivity index (χ3v) is 5.27. The number of non-ortho nitro benzene ring substituents is 1. The SMILES string of the molecule is COc1cc(/C=N/NC(=O)C(=O)Nc2cccc(Cl)c2C)ccc1Oc1ccc([N+](=O)[O-])cc1[N+](=O)[O-]. The number of carbonyl (C=O) groups excluding carboxylic acids is 2. The Morgan fingerprint density at radius 2 is 1.70 bits per heavy atom. The maximum Gasteiger partial charge on any atom is 0.329 e. The Hall–Kier alpha value is -5.04. The molecule has 3 rings (SSSR count). The fraction of sp³-hybridized carbons (Fsp3) is 0.0870. The second-order valence-electron chi connectivity index (χ2n) is 7.24. The highest BCUT2D eigenvalue weighted by atomic mass is 35.5. The van der Waals surface area contributed by atoms with Crippen molar-refractivity contribution in [3.63, 3.8) is 0 Å². The summed E-state index contributed by atoms with van der Waals surface area (Å²) >= 11 is 6.00. The first-order valence-corrected chi connectivity index (χ1v) is 10.7. The molecule has 0 radical (unpaired) electrons. The standard InChI is InChI=1S/C23H18ClN5O8/c1-13-16(24)4-3-5-17(13)26-22(30)23(31)27-25-12-14-6-8-20(21(10-14)36-2)37-19-9-7-15(28(32)33)11-18(19)29(34)35/h3-12H,1-2H3,(H,26,30)(H,27,31)/b25-12+. The number of nitrogens with one attached hydrogen (secondary N) is 2. The topological polar surface area (TPSA) is 175 Å². The smallest absolute Gasteiger partial charge is 0.329 e. The van der Waals surface area contributed by atoms with E-state index in [1.807, 2.05) is 0 Å². The van der Waals surface area contributed by atoms with Crippen molar-refractivity contribution in [2.24, 2.45) is 5.10 Å². The minimum Gasteiger partial charge on any atom is -0.493 e. The molecule has 2 amide bonds. The molecular weight excluding hydrogens is 510 g/mol. The second kappa shape index (κ2) is 11.6. The molecule has 0 saturated carbocycles. The predicted octanol–water partition coefficient (Wildman–Crippen LogP) is 4.35. The number of hydrazone groups is 1. The number of ether oxygens (including phenoxy) is 2. The van der Waals surface area contributed by atoms with Crippen molar-refractivity contribution in [1.82, 2.24) is 5.43 Å². The molecular formula is C23H18ClN5O8. The van der Waals surface area contributed by atoms with Crippen LogP contribution in [0.15, 0.2) is 59.7 Å². The average molecular weight is 528 g/mol. The van der Waals surface area contributed by atoms with Crippen molar-refractivity contribution in [3.8, 4) is 17.2 Å². The van der Waals surface area contributed by atoms with Crippen molar-refractivity contribution in [2.75, 3.05) is 12.4 Å². The number of carbonyl (C=O) groups is 2. The number of amides is 2. The van der Waals surface area contributed by atoms with E-state index in [1.165, 1.54) is 31.5 Å². The van der Waals surface area contributed by atoms with Crippen LogP contribution in [0.1, 0.15) is 11.1 Å². The van der Waals surface area contributed by atoms with E-state index in [0.717, 1.165) is 18.2 Å². The summed E-state index contributed by atoms with van der Waals surface area (Å²) in [4.78, 5) is 44.9. The molecule has 0 saturated heterocycles. The van der Waals surface area contributed by atoms with Crippen LogP contribution in [-0.4, -0.2) is 35.0 Å². The van der Waals surface area contributed by atoms with Crippen LogP contribution in [-0.2, 0) is 9.59 Å². The monoisotopic (exact) mass is 527 g/mol. The van der Waals surface area contributed by atoms with Gasteiger partial charge in [-0.15, -0.1) is 0 Å². The summed E-state index contributed by atoms with van der Waals surface area (Å²) in [6, 6.07) is 12.2. The third-order valence-electron chi connectivity index (χ3n) is 4.86. The number of anilines is 1. The number of hydrogen-bond donors (Lipinski definition) is 2. The summed E-state index contributed by atoms with van der Waals surface area (Å²) in [7, 11) is 1.33. The lowest BCUT2D eigenvalue weighted by Gasteiger charge is -2.11. The zero-order valence-electron chi connectivity index (χ0n) is 19.3. The van der Waals surface area contributed by atoms with E-state index < -0.39 is 33.0 Å². The van der Waals surface area contributed by atoms with Crippen molar-refractivity contribution in [1.29, 1.82) is 0 Å². The summed E-state index contributed by atoms with van der Waals surface area (Å²) in [5.74, 6) is -1.97. The lowest BCUT2D eigenvalue weighted by Crippen LogP contribution is -2.32. The van der Waals surface area contributed by atoms with Gasteiger partial charge in [-0.05, 0) is 54.4 Å². The van der Waals surface area contributed by atoms with Gasteiger partial charge in [0.1, 0.15) is 0 Å². The van der Waals surface area contributed by atoms with Crippen molar-refractivity contribution in [3.05, 3.63) is 91.0 Å². The van der Waals surface area contributed by atoms with E-state index in [4.69, 9.17) is 21.1 Å². The quantitative estimate of drug-likeness (QED) is 0.188. The summed E-state index contributed by atoms with van der Waals surface area (Å²) in [5.41, 5.74) is 2.44. The van der Waals surface area contributed by atoms with Crippen molar-refractivity contribution in [2.45, 2.75) is 6.92 Å². The first kappa shape index (κ1) is 26.6. The molecule has 0 bridgehead atoms. The number of rotatable bonds is 8. The fourth-order valence-electron chi connectivity index (χ4n) is 2.95. The van der Waals surface area contributed by atoms with Crippen LogP contribution in [0.2, 0.25) is 5.02 Å². The van der Waals surface area contributed by atoms with Gasteiger partial charge in [-0.1, -0.05) is 17.7 Å². The van der Waals surface area contributed by atoms with Crippen molar-refractivity contribution < 1.29 is 28.9 Å². The molecule has 0 aromatic heterocycles. The molecule has 0 fully saturated rings. The predicted molar refractivity (Wildman–Crippen MR) is 133 cm³/mol. The highest BCUT2D eigenvalue weighted by molar-refractivity contribution is 6.40. The Kier molecular flexibility index (Phi) is 8.32. The van der Waals surface area contributed by atoms with Gasteiger partial charge in [-0.2, -0.15) is 5.10 Å². The van der Waals surface area contributed by atoms with E-state index >= 15 is 0 Å². The molecule has 3 aromatic carbocycles. The molecule has 0 unspecified atom stereocenters. The molecule has 0 atom stereocenters. The number of benzene rings is 3. The number of nitro benzene ring substituents is 2. The van der Waals surface area contributed by atoms with Gasteiger partial charge in [0.05, 0.1) is 29.2 Å². The van der Waals surface area contributed by atoms with Crippen LogP contribution in [0.25, 0.3) is 0 Å². The van der Waals surface area contributed by atoms with E-state index in [0.29, 0.717) is 21.8 Å². The summed E-state index contributed by atoms with van der Waals surface area (Å²) < 4.78 is 10.8. The van der Waals surface area contributed by atoms with Gasteiger partial charge in [-0.3, -0.25) is 29.8 Å². The molecule has 37 heavy (non-hydrogen) atoms. The Morgan fingerprint density at radius 3 is 2.38 bits per heavy atom. The van der Waals surface area contributed by atoms with Gasteiger partial charge in [0.15, 0.2) is 11.5 Å². The minimum absolute atomic E-state index is 0.0805. The number of hydrogen-bond acceptors (Lipinski definition) is 9. The van der Waals surface area contributed by atoms with E-state index in [-0.39, 0.29) is 17.2 Å². The molecule has 13 nitrogen and oxygen atoms in total. The highest BCUT2D eigenvalue weighted by Crippen LogP contribution is 2.38. The minimum atomic E-state index is -1.02. The number of nitro groups is 2. The Labute approximate surface area is 213 Å². The second-order valence-corrected chi connectivity index (χ2v) is 7.65. The molecule has 2 N–H and O–H groups in total. The Bertz CT molecular complexity index is 1430. The lowest BCUT2D eigenvalue weighted by molar-refractivity contribution is -0.394. The molecule has 0 heterocycles. The number of nitrogens with zero attached hydrogens (tertiary/aromatic N) is 3. The van der Waals surface area contributed by atoms with Gasteiger partial charge in [-0.25, -0.2) is 5.43 Å². The molecule has 0 aliphatic heterocycles. The molecule has 0 aliphatic carbocycles. The van der Waals surface area contributed by atoms with E-state index in [2.05, 4.69) is 15.8 Å². The van der Waals surface area contributed by atoms with Gasteiger partial charge in [0, 0.05) is 16.8 Å². The van der Waals surface area contributed by atoms with Crippen LogP contribution < -0.4 is 20.2 Å². The van der Waals surface area contributed by atoms with E-state index in [9.17, 15) is 29.8 Å². The number of methoxy groups -OCH3 is 1. The largest absolute Gasteiger partial charge is 0.493 e. The molecule has 190 valence electrons. The first-order chi connectivity index (χ1) is 17.6. The first-order valence-electron chi connectivity index (χ1n) is 10.3. The number of halogens is 1. The highest BCUT2D eigenvalue weighted by Gasteiger charge is 2.22. The van der Waals surface area contributed by atoms with Crippen LogP contribution in [0.4, 0.5) is 17.1 Å². The zero-order valence-corrected chi connectivity index (χ0v) is 20.0. The van der Waals surface area contributed by atoms with E-state index in [1.54, 1.807) is 25.1 Å². The van der Waals surface area contributed by atoms with Crippen LogP contribution in [0.5, 0.6) is 17.2 Å². The summed E-state index contributed by atoms with van der Waals surface area (Å²) in [6.45, 7) is 1.69. The average Bonchev–Trinajstić information content (AvgIpc) is 2.87. The summed E-state index contributed by atoms with van der Waals surface area (Å²) in [5, 5.41) is 28.9. The van der Waals surface area contributed by atoms with Crippen molar-refractivity contribution >= 4 is 46.7 Å². The maximum atomic E-state index is 12.1. The zero-order chi connectivity index (χ0) is 27.1. The normalized spacial score (nSPS) is 10.6. The van der Waals surface area contributed by atoms with Crippen LogP contribution in [0.3, 0.4) is 0 Å². The molecule has 0 aliphatic rings. The maximum absolute atomic E-state index is 12.1. The van der Waals surface area contributed by atoms with Gasteiger partial charge >= 0.3 is 17.5 Å².